The van der Waals surface area contributed by atoms with Crippen molar-refractivity contribution in [2.45, 2.75) is 32.9 Å². The third-order valence-electron chi connectivity index (χ3n) is 2.86. The number of carbonyl (C=O) groups excluding carboxylic acids is 1. The molecule has 90 valence electrons. The fraction of sp³-hybridized carbons (Fsp3) is 0.900. The highest BCUT2D eigenvalue weighted by molar-refractivity contribution is 5.85. The normalized spacial score (nSPS) is 25.3. The third kappa shape index (κ3) is 3.97. The van der Waals surface area contributed by atoms with Crippen LogP contribution in [0.4, 0.5) is 0 Å². The number of piperazine rings is 1. The Morgan fingerprint density at radius 3 is 2.60 bits per heavy atom. The van der Waals surface area contributed by atoms with Gasteiger partial charge in [-0.15, -0.1) is 12.4 Å². The summed E-state index contributed by atoms with van der Waals surface area (Å²) in [5, 5.41) is 3.31. The number of rotatable bonds is 2. The van der Waals surface area contributed by atoms with Gasteiger partial charge in [0.05, 0.1) is 5.92 Å². The van der Waals surface area contributed by atoms with Crippen LogP contribution in [0.1, 0.15) is 20.8 Å². The first kappa shape index (κ1) is 14.7. The summed E-state index contributed by atoms with van der Waals surface area (Å²) in [5.41, 5.74) is 5.72. The van der Waals surface area contributed by atoms with Crippen molar-refractivity contribution in [1.29, 1.82) is 0 Å². The summed E-state index contributed by atoms with van der Waals surface area (Å²) in [7, 11) is 0. The van der Waals surface area contributed by atoms with Crippen LogP contribution in [0.25, 0.3) is 0 Å². The van der Waals surface area contributed by atoms with Crippen molar-refractivity contribution < 1.29 is 4.79 Å². The molecule has 1 amide bonds. The average molecular weight is 236 g/mol. The third-order valence-corrected chi connectivity index (χ3v) is 2.86. The molecule has 1 fully saturated rings. The lowest BCUT2D eigenvalue weighted by molar-refractivity contribution is -0.136. The van der Waals surface area contributed by atoms with Crippen LogP contribution in [-0.2, 0) is 4.79 Å². The number of nitrogens with zero attached hydrogens (tertiary/aromatic N) is 1. The summed E-state index contributed by atoms with van der Waals surface area (Å²) in [6.07, 6.45) is 0. The van der Waals surface area contributed by atoms with Gasteiger partial charge in [-0.2, -0.15) is 0 Å². The molecule has 0 saturated carbocycles. The lowest BCUT2D eigenvalue weighted by Crippen LogP contribution is -2.54. The first-order valence-corrected chi connectivity index (χ1v) is 5.30. The van der Waals surface area contributed by atoms with Crippen LogP contribution in [0.3, 0.4) is 0 Å². The molecule has 3 N–H and O–H groups in total. The number of nitrogens with one attached hydrogen (secondary N) is 1. The Morgan fingerprint density at radius 2 is 2.13 bits per heavy atom. The van der Waals surface area contributed by atoms with Crippen LogP contribution in [0.5, 0.6) is 0 Å². The molecule has 0 bridgehead atoms. The molecule has 3 atom stereocenters. The van der Waals surface area contributed by atoms with Crippen LogP contribution in [0.2, 0.25) is 0 Å². The van der Waals surface area contributed by atoms with Gasteiger partial charge in [-0.3, -0.25) is 4.79 Å². The molecule has 1 aliphatic heterocycles. The van der Waals surface area contributed by atoms with Crippen LogP contribution >= 0.6 is 12.4 Å². The molecular formula is C10H22ClN3O. The number of amides is 1. The maximum absolute atomic E-state index is 11.9. The molecule has 0 aromatic rings. The first-order valence-electron chi connectivity index (χ1n) is 5.30. The maximum atomic E-state index is 11.9. The molecule has 0 aliphatic carbocycles. The lowest BCUT2D eigenvalue weighted by atomic mass is 10.0. The highest BCUT2D eigenvalue weighted by Crippen LogP contribution is 2.08. The molecule has 0 aromatic heterocycles. The van der Waals surface area contributed by atoms with Gasteiger partial charge >= 0.3 is 0 Å². The van der Waals surface area contributed by atoms with Gasteiger partial charge in [0.1, 0.15) is 0 Å². The van der Waals surface area contributed by atoms with Crippen molar-refractivity contribution >= 4 is 18.3 Å². The summed E-state index contributed by atoms with van der Waals surface area (Å²) >= 11 is 0. The van der Waals surface area contributed by atoms with Crippen molar-refractivity contribution in [1.82, 2.24) is 10.2 Å². The van der Waals surface area contributed by atoms with Gasteiger partial charge in [0.15, 0.2) is 0 Å². The highest BCUT2D eigenvalue weighted by atomic mass is 35.5. The number of carbonyl (C=O) groups is 1. The predicted molar refractivity (Wildman–Crippen MR) is 64.1 cm³/mol. The van der Waals surface area contributed by atoms with Gasteiger partial charge in [0.2, 0.25) is 5.91 Å². The second-order valence-electron chi connectivity index (χ2n) is 4.29. The Kier molecular flexibility index (Phi) is 6.17. The summed E-state index contributed by atoms with van der Waals surface area (Å²) in [6.45, 7) is 8.37. The SMILES string of the molecule is CC1CN(C(=O)C(C)C(C)N)CCN1.Cl. The summed E-state index contributed by atoms with van der Waals surface area (Å²) in [5.74, 6) is 0.119. The van der Waals surface area contributed by atoms with E-state index < -0.39 is 0 Å². The molecule has 1 rings (SSSR count). The van der Waals surface area contributed by atoms with Crippen LogP contribution < -0.4 is 11.1 Å². The number of nitrogens with two attached hydrogens (primary N) is 1. The monoisotopic (exact) mass is 235 g/mol. The summed E-state index contributed by atoms with van der Waals surface area (Å²) in [6, 6.07) is 0.334. The topological polar surface area (TPSA) is 58.4 Å². The molecule has 0 spiro atoms. The van der Waals surface area contributed by atoms with E-state index in [0.29, 0.717) is 6.04 Å². The van der Waals surface area contributed by atoms with Crippen molar-refractivity contribution in [3.8, 4) is 0 Å². The van der Waals surface area contributed by atoms with Crippen LogP contribution in [-0.4, -0.2) is 42.5 Å². The van der Waals surface area contributed by atoms with Gasteiger partial charge in [-0.05, 0) is 13.8 Å². The number of halogens is 1. The minimum Gasteiger partial charge on any atom is -0.340 e. The van der Waals surface area contributed by atoms with E-state index in [1.807, 2.05) is 18.7 Å². The summed E-state index contributed by atoms with van der Waals surface area (Å²) < 4.78 is 0. The zero-order valence-corrected chi connectivity index (χ0v) is 10.5. The van der Waals surface area contributed by atoms with E-state index in [4.69, 9.17) is 5.73 Å². The van der Waals surface area contributed by atoms with Crippen molar-refractivity contribution in [3.05, 3.63) is 0 Å². The van der Waals surface area contributed by atoms with Gasteiger partial charge in [-0.25, -0.2) is 0 Å². The molecule has 0 radical (unpaired) electrons. The second kappa shape index (κ2) is 6.30. The zero-order valence-electron chi connectivity index (χ0n) is 9.69. The largest absolute Gasteiger partial charge is 0.340 e. The van der Waals surface area contributed by atoms with Crippen LogP contribution in [0.15, 0.2) is 0 Å². The molecule has 1 heterocycles. The Balaban J connectivity index is 0.00000196. The summed E-state index contributed by atoms with van der Waals surface area (Å²) in [4.78, 5) is 13.8. The van der Waals surface area contributed by atoms with Gasteiger partial charge in [0.25, 0.3) is 0 Å². The standard InChI is InChI=1S/C10H21N3O.ClH/c1-7-6-13(5-4-12-7)10(14)8(2)9(3)11;/h7-9,12H,4-6,11H2,1-3H3;1H. The Bertz CT molecular complexity index is 211. The molecule has 1 saturated heterocycles. The maximum Gasteiger partial charge on any atom is 0.227 e. The molecule has 5 heteroatoms. The molecule has 0 aromatic carbocycles. The molecule has 4 nitrogen and oxygen atoms in total. The fourth-order valence-corrected chi connectivity index (χ4v) is 1.65. The second-order valence-corrected chi connectivity index (χ2v) is 4.29. The minimum absolute atomic E-state index is 0. The fourth-order valence-electron chi connectivity index (χ4n) is 1.65. The van der Waals surface area contributed by atoms with E-state index in [9.17, 15) is 4.79 Å². The molecular weight excluding hydrogens is 214 g/mol. The minimum atomic E-state index is -0.0692. The van der Waals surface area contributed by atoms with Crippen molar-refractivity contribution in [2.24, 2.45) is 11.7 Å². The lowest BCUT2D eigenvalue weighted by Gasteiger charge is -2.34. The van der Waals surface area contributed by atoms with E-state index in [0.717, 1.165) is 19.6 Å². The van der Waals surface area contributed by atoms with E-state index >= 15 is 0 Å². The van der Waals surface area contributed by atoms with Gasteiger partial charge in [-0.1, -0.05) is 6.92 Å². The van der Waals surface area contributed by atoms with Crippen LogP contribution in [0, 0.1) is 5.92 Å². The van der Waals surface area contributed by atoms with Crippen molar-refractivity contribution in [3.63, 3.8) is 0 Å². The predicted octanol–water partition coefficient (Wildman–Crippen LogP) is 0.212. The molecule has 3 unspecified atom stereocenters. The smallest absolute Gasteiger partial charge is 0.227 e. The average Bonchev–Trinajstić information content (AvgIpc) is 2.15. The van der Waals surface area contributed by atoms with E-state index in [1.165, 1.54) is 0 Å². The Hall–Kier alpha value is -0.320. The highest BCUT2D eigenvalue weighted by Gasteiger charge is 2.26. The Morgan fingerprint density at radius 1 is 1.53 bits per heavy atom. The van der Waals surface area contributed by atoms with E-state index in [1.54, 1.807) is 0 Å². The van der Waals surface area contributed by atoms with Crippen molar-refractivity contribution in [2.75, 3.05) is 19.6 Å². The van der Waals surface area contributed by atoms with Gasteiger partial charge < -0.3 is 16.0 Å². The number of hydrogen-bond donors (Lipinski definition) is 2. The molecule has 1 aliphatic rings. The Labute approximate surface area is 98.0 Å². The quantitative estimate of drug-likeness (QED) is 0.720. The first-order chi connectivity index (χ1) is 6.52. The number of hydrogen-bond acceptors (Lipinski definition) is 3. The van der Waals surface area contributed by atoms with E-state index in [-0.39, 0.29) is 30.3 Å². The zero-order chi connectivity index (χ0) is 10.7. The molecule has 15 heavy (non-hydrogen) atoms. The van der Waals surface area contributed by atoms with E-state index in [2.05, 4.69) is 12.2 Å². The van der Waals surface area contributed by atoms with Gasteiger partial charge in [0, 0.05) is 31.7 Å².